The highest BCUT2D eigenvalue weighted by molar-refractivity contribution is 5.64. The Kier molecular flexibility index (Phi) is 3.01. The van der Waals surface area contributed by atoms with E-state index < -0.39 is 0 Å². The van der Waals surface area contributed by atoms with Gasteiger partial charge in [0.1, 0.15) is 5.82 Å². The Morgan fingerprint density at radius 1 is 1.31 bits per heavy atom. The van der Waals surface area contributed by atoms with Crippen molar-refractivity contribution in [2.24, 2.45) is 5.73 Å². The molecule has 2 N–H and O–H groups in total. The molecule has 1 aromatic heterocycles. The van der Waals surface area contributed by atoms with Gasteiger partial charge in [0.05, 0.1) is 12.7 Å². The standard InChI is InChI=1S/C12H14FN3/c1-9-12(8-15-16(9)7-6-14)10-2-4-11(13)5-3-10/h2-5,8H,6-7,14H2,1H3. The van der Waals surface area contributed by atoms with Gasteiger partial charge in [0.25, 0.3) is 0 Å². The van der Waals surface area contributed by atoms with E-state index in [1.165, 1.54) is 12.1 Å². The van der Waals surface area contributed by atoms with Crippen LogP contribution in [0.25, 0.3) is 11.1 Å². The van der Waals surface area contributed by atoms with Gasteiger partial charge in [-0.1, -0.05) is 12.1 Å². The molecule has 1 heterocycles. The molecule has 0 spiro atoms. The minimum Gasteiger partial charge on any atom is -0.329 e. The number of nitrogens with zero attached hydrogens (tertiary/aromatic N) is 2. The van der Waals surface area contributed by atoms with Crippen LogP contribution < -0.4 is 5.73 Å². The summed E-state index contributed by atoms with van der Waals surface area (Å²) in [4.78, 5) is 0. The van der Waals surface area contributed by atoms with Crippen molar-refractivity contribution < 1.29 is 4.39 Å². The van der Waals surface area contributed by atoms with Gasteiger partial charge in [0.15, 0.2) is 0 Å². The average molecular weight is 219 g/mol. The van der Waals surface area contributed by atoms with Crippen LogP contribution in [0.4, 0.5) is 4.39 Å². The van der Waals surface area contributed by atoms with Gasteiger partial charge < -0.3 is 5.73 Å². The second-order valence-corrected chi connectivity index (χ2v) is 3.66. The first-order valence-corrected chi connectivity index (χ1v) is 5.21. The van der Waals surface area contributed by atoms with Crippen LogP contribution in [0.3, 0.4) is 0 Å². The Morgan fingerprint density at radius 3 is 2.62 bits per heavy atom. The predicted octanol–water partition coefficient (Wildman–Crippen LogP) is 1.96. The minimum atomic E-state index is -0.226. The van der Waals surface area contributed by atoms with Crippen molar-refractivity contribution >= 4 is 0 Å². The van der Waals surface area contributed by atoms with Crippen LogP contribution in [0.15, 0.2) is 30.5 Å². The second kappa shape index (κ2) is 4.45. The first-order valence-electron chi connectivity index (χ1n) is 5.21. The number of benzene rings is 1. The summed E-state index contributed by atoms with van der Waals surface area (Å²) in [5.41, 5.74) is 8.54. The highest BCUT2D eigenvalue weighted by atomic mass is 19.1. The van der Waals surface area contributed by atoms with Gasteiger partial charge >= 0.3 is 0 Å². The third-order valence-electron chi connectivity index (χ3n) is 2.60. The van der Waals surface area contributed by atoms with E-state index in [0.717, 1.165) is 16.8 Å². The lowest BCUT2D eigenvalue weighted by molar-refractivity contribution is 0.608. The molecule has 16 heavy (non-hydrogen) atoms. The lowest BCUT2D eigenvalue weighted by atomic mass is 10.1. The van der Waals surface area contributed by atoms with E-state index in [2.05, 4.69) is 5.10 Å². The third-order valence-corrected chi connectivity index (χ3v) is 2.60. The first-order chi connectivity index (χ1) is 7.72. The number of hydrogen-bond donors (Lipinski definition) is 1. The predicted molar refractivity (Wildman–Crippen MR) is 61.4 cm³/mol. The summed E-state index contributed by atoms with van der Waals surface area (Å²) in [6.07, 6.45) is 1.79. The van der Waals surface area contributed by atoms with Gasteiger partial charge in [-0.15, -0.1) is 0 Å². The Bertz CT molecular complexity index is 474. The molecule has 84 valence electrons. The number of rotatable bonds is 3. The highest BCUT2D eigenvalue weighted by Gasteiger charge is 2.07. The number of hydrogen-bond acceptors (Lipinski definition) is 2. The van der Waals surface area contributed by atoms with Crippen LogP contribution in [0, 0.1) is 12.7 Å². The lowest BCUT2D eigenvalue weighted by Gasteiger charge is -2.03. The molecule has 0 saturated carbocycles. The molecule has 0 fully saturated rings. The van der Waals surface area contributed by atoms with Crippen LogP contribution in [0.2, 0.25) is 0 Å². The summed E-state index contributed by atoms with van der Waals surface area (Å²) in [6, 6.07) is 6.42. The Balaban J connectivity index is 2.37. The zero-order chi connectivity index (χ0) is 11.5. The molecular formula is C12H14FN3. The molecule has 0 aliphatic rings. The molecule has 0 atom stereocenters. The van der Waals surface area contributed by atoms with Gasteiger partial charge in [0.2, 0.25) is 0 Å². The van der Waals surface area contributed by atoms with Gasteiger partial charge in [0, 0.05) is 17.8 Å². The molecule has 3 nitrogen and oxygen atoms in total. The van der Waals surface area contributed by atoms with Crippen LogP contribution in [0.1, 0.15) is 5.69 Å². The van der Waals surface area contributed by atoms with Crippen molar-refractivity contribution in [2.75, 3.05) is 6.54 Å². The molecule has 0 radical (unpaired) electrons. The summed E-state index contributed by atoms with van der Waals surface area (Å²) >= 11 is 0. The molecule has 4 heteroatoms. The van der Waals surface area contributed by atoms with E-state index >= 15 is 0 Å². The molecule has 0 amide bonds. The molecule has 0 bridgehead atoms. The van der Waals surface area contributed by atoms with Crippen molar-refractivity contribution in [3.05, 3.63) is 42.0 Å². The van der Waals surface area contributed by atoms with E-state index in [4.69, 9.17) is 5.73 Å². The van der Waals surface area contributed by atoms with E-state index in [1.54, 1.807) is 18.3 Å². The Labute approximate surface area is 93.7 Å². The van der Waals surface area contributed by atoms with Crippen molar-refractivity contribution in [2.45, 2.75) is 13.5 Å². The number of aromatic nitrogens is 2. The molecule has 2 aromatic rings. The van der Waals surface area contributed by atoms with Crippen LogP contribution in [-0.2, 0) is 6.54 Å². The summed E-state index contributed by atoms with van der Waals surface area (Å²) in [7, 11) is 0. The second-order valence-electron chi connectivity index (χ2n) is 3.66. The fourth-order valence-electron chi connectivity index (χ4n) is 1.71. The van der Waals surface area contributed by atoms with Crippen molar-refractivity contribution in [1.29, 1.82) is 0 Å². The SMILES string of the molecule is Cc1c(-c2ccc(F)cc2)cnn1CCN. The van der Waals surface area contributed by atoms with Gasteiger partial charge in [-0.05, 0) is 24.6 Å². The van der Waals surface area contributed by atoms with Crippen molar-refractivity contribution in [3.8, 4) is 11.1 Å². The molecule has 0 aliphatic heterocycles. The maximum absolute atomic E-state index is 12.8. The number of halogens is 1. The lowest BCUT2D eigenvalue weighted by Crippen LogP contribution is -2.12. The van der Waals surface area contributed by atoms with Gasteiger partial charge in [-0.2, -0.15) is 5.10 Å². The van der Waals surface area contributed by atoms with E-state index in [0.29, 0.717) is 13.1 Å². The van der Waals surface area contributed by atoms with Gasteiger partial charge in [-0.3, -0.25) is 4.68 Å². The Hall–Kier alpha value is -1.68. The first kappa shape index (κ1) is 10.8. The molecule has 0 saturated heterocycles. The highest BCUT2D eigenvalue weighted by Crippen LogP contribution is 2.22. The third kappa shape index (κ3) is 1.97. The monoisotopic (exact) mass is 219 g/mol. The maximum Gasteiger partial charge on any atom is 0.123 e. The molecule has 2 rings (SSSR count). The zero-order valence-electron chi connectivity index (χ0n) is 9.15. The van der Waals surface area contributed by atoms with E-state index in [-0.39, 0.29) is 5.82 Å². The number of nitrogens with two attached hydrogens (primary N) is 1. The smallest absolute Gasteiger partial charge is 0.123 e. The Morgan fingerprint density at radius 2 is 2.00 bits per heavy atom. The van der Waals surface area contributed by atoms with Crippen LogP contribution >= 0.6 is 0 Å². The average Bonchev–Trinajstić information content (AvgIpc) is 2.63. The topological polar surface area (TPSA) is 43.8 Å². The van der Waals surface area contributed by atoms with Crippen LogP contribution in [0.5, 0.6) is 0 Å². The molecule has 0 aliphatic carbocycles. The zero-order valence-corrected chi connectivity index (χ0v) is 9.15. The van der Waals surface area contributed by atoms with E-state index in [1.807, 2.05) is 11.6 Å². The van der Waals surface area contributed by atoms with Crippen LogP contribution in [-0.4, -0.2) is 16.3 Å². The fraction of sp³-hybridized carbons (Fsp3) is 0.250. The molecule has 1 aromatic carbocycles. The van der Waals surface area contributed by atoms with Gasteiger partial charge in [-0.25, -0.2) is 4.39 Å². The van der Waals surface area contributed by atoms with Crippen molar-refractivity contribution in [3.63, 3.8) is 0 Å². The fourth-order valence-corrected chi connectivity index (χ4v) is 1.71. The maximum atomic E-state index is 12.8. The molecular weight excluding hydrogens is 205 g/mol. The minimum absolute atomic E-state index is 0.226. The molecule has 0 unspecified atom stereocenters. The summed E-state index contributed by atoms with van der Waals surface area (Å²) in [6.45, 7) is 3.25. The largest absolute Gasteiger partial charge is 0.329 e. The van der Waals surface area contributed by atoms with E-state index in [9.17, 15) is 4.39 Å². The summed E-state index contributed by atoms with van der Waals surface area (Å²) in [5, 5.41) is 4.25. The quantitative estimate of drug-likeness (QED) is 0.857. The normalized spacial score (nSPS) is 10.7. The summed E-state index contributed by atoms with van der Waals surface area (Å²) in [5.74, 6) is -0.226. The van der Waals surface area contributed by atoms with Crippen molar-refractivity contribution in [1.82, 2.24) is 9.78 Å². The summed E-state index contributed by atoms with van der Waals surface area (Å²) < 4.78 is 14.7.